The Morgan fingerprint density at radius 3 is 2.30 bits per heavy atom. The Balaban J connectivity index is 1.78. The monoisotopic (exact) mass is 376 g/mol. The lowest BCUT2D eigenvalue weighted by Crippen LogP contribution is -2.52. The zero-order valence-electron chi connectivity index (χ0n) is 16.0. The summed E-state index contributed by atoms with van der Waals surface area (Å²) >= 11 is 0. The number of nitrogens with zero attached hydrogens (tertiary/aromatic N) is 3. The number of benzene rings is 1. The Kier molecular flexibility index (Phi) is 8.06. The second-order valence-electron chi connectivity index (χ2n) is 6.28. The Hall–Kier alpha value is -2.61. The number of nitrogens with one attached hydrogen (secondary N) is 1. The van der Waals surface area contributed by atoms with Gasteiger partial charge in [0.15, 0.2) is 0 Å². The van der Waals surface area contributed by atoms with E-state index in [1.165, 1.54) is 0 Å². The number of likely N-dealkylation sites (N-methyl/N-ethyl adjacent to an activating group) is 1. The molecule has 1 N–H and O–H groups in total. The van der Waals surface area contributed by atoms with Crippen LogP contribution in [0.15, 0.2) is 30.3 Å². The molecule has 0 bridgehead atoms. The van der Waals surface area contributed by atoms with Crippen molar-refractivity contribution >= 4 is 23.6 Å². The fourth-order valence-corrected chi connectivity index (χ4v) is 2.95. The minimum atomic E-state index is -0.762. The maximum atomic E-state index is 12.6. The molecular weight excluding hydrogens is 348 g/mol. The van der Waals surface area contributed by atoms with Crippen LogP contribution in [0.5, 0.6) is 0 Å². The van der Waals surface area contributed by atoms with Crippen LogP contribution in [-0.2, 0) is 14.3 Å². The first-order valence-corrected chi connectivity index (χ1v) is 9.30. The average Bonchev–Trinajstić information content (AvgIpc) is 2.68. The lowest BCUT2D eigenvalue weighted by Gasteiger charge is -2.37. The minimum Gasteiger partial charge on any atom is -0.450 e. The number of anilines is 1. The highest BCUT2D eigenvalue weighted by Gasteiger charge is 2.23. The first-order chi connectivity index (χ1) is 13.0. The minimum absolute atomic E-state index is 0.00602. The van der Waals surface area contributed by atoms with Crippen molar-refractivity contribution in [1.82, 2.24) is 15.1 Å². The van der Waals surface area contributed by atoms with Crippen molar-refractivity contribution in [2.75, 3.05) is 57.3 Å². The molecule has 0 saturated carbocycles. The van der Waals surface area contributed by atoms with Gasteiger partial charge in [0.1, 0.15) is 0 Å². The largest absolute Gasteiger partial charge is 0.450 e. The molecule has 1 aromatic rings. The third kappa shape index (κ3) is 6.56. The number of piperazine rings is 1. The number of hydrogen-bond acceptors (Lipinski definition) is 6. The number of amides is 3. The second-order valence-corrected chi connectivity index (χ2v) is 6.28. The number of alkyl carbamates (subject to hydrolysis) is 1. The first-order valence-electron chi connectivity index (χ1n) is 9.30. The molecule has 0 aromatic heterocycles. The number of ether oxygens (including phenoxy) is 1. The van der Waals surface area contributed by atoms with Gasteiger partial charge in [-0.15, -0.1) is 0 Å². The molecule has 0 aliphatic carbocycles. The lowest BCUT2D eigenvalue weighted by molar-refractivity contribution is -0.133. The molecule has 27 heavy (non-hydrogen) atoms. The highest BCUT2D eigenvalue weighted by atomic mass is 16.5. The molecule has 1 aliphatic heterocycles. The molecule has 8 heteroatoms. The average molecular weight is 376 g/mol. The molecule has 1 heterocycles. The summed E-state index contributed by atoms with van der Waals surface area (Å²) in [5.41, 5.74) is 1.16. The van der Waals surface area contributed by atoms with E-state index < -0.39 is 12.0 Å². The van der Waals surface area contributed by atoms with Crippen LogP contribution < -0.4 is 10.2 Å². The van der Waals surface area contributed by atoms with Gasteiger partial charge < -0.3 is 14.5 Å². The topological polar surface area (TPSA) is 82.2 Å². The van der Waals surface area contributed by atoms with E-state index in [0.717, 1.165) is 18.8 Å². The number of imide groups is 1. The highest BCUT2D eigenvalue weighted by molar-refractivity contribution is 5.93. The predicted octanol–water partition coefficient (Wildman–Crippen LogP) is 0.930. The van der Waals surface area contributed by atoms with Crippen molar-refractivity contribution in [2.45, 2.75) is 13.8 Å². The molecular formula is C19H28N4O4. The third-order valence-corrected chi connectivity index (χ3v) is 4.44. The van der Waals surface area contributed by atoms with E-state index in [1.54, 1.807) is 11.8 Å². The van der Waals surface area contributed by atoms with E-state index in [2.05, 4.69) is 27.1 Å². The Labute approximate surface area is 160 Å². The second kappa shape index (κ2) is 10.5. The van der Waals surface area contributed by atoms with Crippen LogP contribution in [0.3, 0.4) is 0 Å². The van der Waals surface area contributed by atoms with Crippen LogP contribution in [-0.4, -0.2) is 80.1 Å². The summed E-state index contributed by atoms with van der Waals surface area (Å²) in [4.78, 5) is 41.5. The quantitative estimate of drug-likeness (QED) is 0.762. The summed E-state index contributed by atoms with van der Waals surface area (Å²) in [5, 5.41) is 2.15. The molecule has 0 spiro atoms. The van der Waals surface area contributed by atoms with Gasteiger partial charge in [0.2, 0.25) is 11.8 Å². The molecule has 3 amide bonds. The summed E-state index contributed by atoms with van der Waals surface area (Å²) in [7, 11) is 0. The van der Waals surface area contributed by atoms with Crippen LogP contribution in [0.25, 0.3) is 0 Å². The van der Waals surface area contributed by atoms with Crippen molar-refractivity contribution in [3.8, 4) is 0 Å². The van der Waals surface area contributed by atoms with Crippen LogP contribution >= 0.6 is 0 Å². The SMILES string of the molecule is CCOC(=O)NC(=O)CN(CC)CC(=O)N1CCN(c2ccccc2)CC1. The third-order valence-electron chi connectivity index (χ3n) is 4.44. The number of para-hydroxylation sites is 1. The van der Waals surface area contributed by atoms with Gasteiger partial charge in [-0.25, -0.2) is 4.79 Å². The van der Waals surface area contributed by atoms with E-state index in [1.807, 2.05) is 30.0 Å². The van der Waals surface area contributed by atoms with Crippen LogP contribution in [0.4, 0.5) is 10.5 Å². The molecule has 0 atom stereocenters. The van der Waals surface area contributed by atoms with Crippen molar-refractivity contribution < 1.29 is 19.1 Å². The van der Waals surface area contributed by atoms with Crippen LogP contribution in [0.1, 0.15) is 13.8 Å². The molecule has 1 aliphatic rings. The number of hydrogen-bond donors (Lipinski definition) is 1. The fourth-order valence-electron chi connectivity index (χ4n) is 2.95. The van der Waals surface area contributed by atoms with E-state index >= 15 is 0 Å². The molecule has 148 valence electrons. The zero-order chi connectivity index (χ0) is 19.6. The zero-order valence-corrected chi connectivity index (χ0v) is 16.0. The molecule has 8 nitrogen and oxygen atoms in total. The standard InChI is InChI=1S/C19H28N4O4/c1-3-21(14-17(24)20-19(26)27-4-2)15-18(25)23-12-10-22(11-13-23)16-8-6-5-7-9-16/h5-9H,3-4,10-15H2,1-2H3,(H,20,24,26). The molecule has 1 aromatic carbocycles. The van der Waals surface area contributed by atoms with Crippen LogP contribution in [0.2, 0.25) is 0 Å². The summed E-state index contributed by atoms with van der Waals surface area (Å²) in [6.45, 7) is 7.27. The molecule has 0 unspecified atom stereocenters. The fraction of sp³-hybridized carbons (Fsp3) is 0.526. The summed E-state index contributed by atoms with van der Waals surface area (Å²) in [6.07, 6.45) is -0.762. The van der Waals surface area contributed by atoms with Gasteiger partial charge in [0.25, 0.3) is 0 Å². The lowest BCUT2D eigenvalue weighted by atomic mass is 10.2. The van der Waals surface area contributed by atoms with E-state index in [0.29, 0.717) is 19.6 Å². The van der Waals surface area contributed by atoms with Gasteiger partial charge in [-0.3, -0.25) is 19.8 Å². The van der Waals surface area contributed by atoms with E-state index in [-0.39, 0.29) is 25.6 Å². The van der Waals surface area contributed by atoms with Gasteiger partial charge in [0, 0.05) is 31.9 Å². The maximum Gasteiger partial charge on any atom is 0.413 e. The highest BCUT2D eigenvalue weighted by Crippen LogP contribution is 2.15. The van der Waals surface area contributed by atoms with Crippen molar-refractivity contribution in [1.29, 1.82) is 0 Å². The van der Waals surface area contributed by atoms with E-state index in [4.69, 9.17) is 0 Å². The van der Waals surface area contributed by atoms with Crippen LogP contribution in [0, 0.1) is 0 Å². The summed E-state index contributed by atoms with van der Waals surface area (Å²) in [6, 6.07) is 10.1. The summed E-state index contributed by atoms with van der Waals surface area (Å²) < 4.78 is 4.68. The molecule has 1 saturated heterocycles. The normalized spacial score (nSPS) is 14.2. The Morgan fingerprint density at radius 1 is 1.04 bits per heavy atom. The number of rotatable bonds is 7. The predicted molar refractivity (Wildman–Crippen MR) is 103 cm³/mol. The molecule has 2 rings (SSSR count). The van der Waals surface area contributed by atoms with Crippen molar-refractivity contribution in [3.63, 3.8) is 0 Å². The van der Waals surface area contributed by atoms with E-state index in [9.17, 15) is 14.4 Å². The van der Waals surface area contributed by atoms with Gasteiger partial charge in [0.05, 0.1) is 19.7 Å². The Bertz CT molecular complexity index is 630. The molecule has 0 radical (unpaired) electrons. The van der Waals surface area contributed by atoms with Crippen molar-refractivity contribution in [2.24, 2.45) is 0 Å². The van der Waals surface area contributed by atoms with Gasteiger partial charge in [-0.1, -0.05) is 25.1 Å². The smallest absolute Gasteiger partial charge is 0.413 e. The van der Waals surface area contributed by atoms with Gasteiger partial charge >= 0.3 is 6.09 Å². The Morgan fingerprint density at radius 2 is 1.70 bits per heavy atom. The maximum absolute atomic E-state index is 12.6. The van der Waals surface area contributed by atoms with Gasteiger partial charge in [-0.2, -0.15) is 0 Å². The number of carbonyl (C=O) groups excluding carboxylic acids is 3. The van der Waals surface area contributed by atoms with Gasteiger partial charge in [-0.05, 0) is 25.6 Å². The van der Waals surface area contributed by atoms with Crippen molar-refractivity contribution in [3.05, 3.63) is 30.3 Å². The molecule has 1 fully saturated rings. The summed E-state index contributed by atoms with van der Waals surface area (Å²) in [5.74, 6) is -0.481. The number of carbonyl (C=O) groups is 3. The first kappa shape index (κ1) is 20.7.